The van der Waals surface area contributed by atoms with Crippen molar-refractivity contribution in [3.8, 4) is 0 Å². The minimum atomic E-state index is 0.441. The van der Waals surface area contributed by atoms with Crippen LogP contribution < -0.4 is 5.32 Å². The van der Waals surface area contributed by atoms with Gasteiger partial charge in [0.1, 0.15) is 11.6 Å². The number of hydrogen-bond acceptors (Lipinski definition) is 6. The maximum Gasteiger partial charge on any atom is 0.234 e. The van der Waals surface area contributed by atoms with Gasteiger partial charge in [0.25, 0.3) is 0 Å². The van der Waals surface area contributed by atoms with E-state index in [9.17, 15) is 0 Å². The van der Waals surface area contributed by atoms with Crippen LogP contribution in [0.2, 0.25) is 0 Å². The molecule has 0 saturated carbocycles. The summed E-state index contributed by atoms with van der Waals surface area (Å²) in [5.74, 6) is 0.749. The lowest BCUT2D eigenvalue weighted by Gasteiger charge is -1.94. The lowest BCUT2D eigenvalue weighted by molar-refractivity contribution is 0.176. The van der Waals surface area contributed by atoms with Crippen molar-refractivity contribution >= 4 is 16.3 Å². The highest BCUT2D eigenvalue weighted by molar-refractivity contribution is 7.16. The van der Waals surface area contributed by atoms with Gasteiger partial charge in [-0.25, -0.2) is 0 Å². The van der Waals surface area contributed by atoms with E-state index in [-0.39, 0.29) is 0 Å². The molecule has 0 spiro atoms. The van der Waals surface area contributed by atoms with Crippen molar-refractivity contribution in [1.82, 2.24) is 25.1 Å². The molecule has 2 rings (SSSR count). The number of fused-ring (bicyclic) bond motifs is 1. The van der Waals surface area contributed by atoms with Crippen molar-refractivity contribution in [2.45, 2.75) is 13.0 Å². The molecule has 0 bridgehead atoms. The second-order valence-electron chi connectivity index (χ2n) is 3.09. The van der Waals surface area contributed by atoms with Crippen LogP contribution in [0.15, 0.2) is 0 Å². The summed E-state index contributed by atoms with van der Waals surface area (Å²) in [6.45, 7) is 1.36. The number of rotatable bonds is 5. The molecule has 2 aromatic rings. The van der Waals surface area contributed by atoms with Crippen molar-refractivity contribution in [3.63, 3.8) is 0 Å². The molecule has 15 heavy (non-hydrogen) atoms. The highest BCUT2D eigenvalue weighted by atomic mass is 32.1. The summed E-state index contributed by atoms with van der Waals surface area (Å²) in [6.07, 6.45) is 0.914. The zero-order chi connectivity index (χ0) is 10.7. The van der Waals surface area contributed by atoms with E-state index in [1.165, 1.54) is 0 Å². The highest BCUT2D eigenvalue weighted by Gasteiger charge is 2.10. The van der Waals surface area contributed by atoms with E-state index in [4.69, 9.17) is 4.74 Å². The van der Waals surface area contributed by atoms with Crippen LogP contribution in [0.25, 0.3) is 4.96 Å². The van der Waals surface area contributed by atoms with Gasteiger partial charge in [0.2, 0.25) is 4.96 Å². The first-order valence-corrected chi connectivity index (χ1v) is 5.50. The number of methoxy groups -OCH3 is 1. The Morgan fingerprint density at radius 3 is 3.07 bits per heavy atom. The van der Waals surface area contributed by atoms with E-state index >= 15 is 0 Å². The topological polar surface area (TPSA) is 64.3 Å². The number of nitrogens with one attached hydrogen (secondary N) is 1. The predicted molar refractivity (Wildman–Crippen MR) is 57.0 cm³/mol. The predicted octanol–water partition coefficient (Wildman–Crippen LogP) is 0.0941. The molecule has 0 atom stereocenters. The number of likely N-dealkylation sites (N-methyl/N-ethyl adjacent to an activating group) is 1. The van der Waals surface area contributed by atoms with Gasteiger partial charge in [0.05, 0.1) is 0 Å². The first-order chi connectivity index (χ1) is 7.35. The molecule has 0 radical (unpaired) electrons. The van der Waals surface area contributed by atoms with Crippen LogP contribution in [0.5, 0.6) is 0 Å². The maximum absolute atomic E-state index is 5.01. The molecular formula is C8H13N5OS. The van der Waals surface area contributed by atoms with E-state index in [1.54, 1.807) is 23.0 Å². The molecule has 0 aliphatic rings. The number of hydrogen-bond donors (Lipinski definition) is 1. The third-order valence-electron chi connectivity index (χ3n) is 1.96. The fourth-order valence-corrected chi connectivity index (χ4v) is 2.10. The van der Waals surface area contributed by atoms with Crippen molar-refractivity contribution in [3.05, 3.63) is 10.8 Å². The average Bonchev–Trinajstić information content (AvgIpc) is 2.77. The van der Waals surface area contributed by atoms with E-state index in [0.717, 1.165) is 28.8 Å². The summed E-state index contributed by atoms with van der Waals surface area (Å²) in [5, 5.41) is 16.6. The summed E-state index contributed by atoms with van der Waals surface area (Å²) < 4.78 is 6.76. The normalized spacial score (nSPS) is 11.3. The van der Waals surface area contributed by atoms with E-state index in [1.807, 2.05) is 7.05 Å². The summed E-state index contributed by atoms with van der Waals surface area (Å²) in [4.78, 5) is 0.827. The van der Waals surface area contributed by atoms with Gasteiger partial charge in [-0.05, 0) is 7.05 Å². The molecule has 2 heterocycles. The van der Waals surface area contributed by atoms with Crippen molar-refractivity contribution in [2.24, 2.45) is 0 Å². The Bertz CT molecular complexity index is 437. The number of aromatic nitrogens is 4. The summed E-state index contributed by atoms with van der Waals surface area (Å²) >= 11 is 1.57. The maximum atomic E-state index is 5.01. The molecule has 0 aliphatic carbocycles. The average molecular weight is 227 g/mol. The van der Waals surface area contributed by atoms with Gasteiger partial charge >= 0.3 is 0 Å². The van der Waals surface area contributed by atoms with E-state index in [2.05, 4.69) is 20.6 Å². The van der Waals surface area contributed by atoms with Gasteiger partial charge in [-0.15, -0.1) is 10.2 Å². The Morgan fingerprint density at radius 2 is 2.33 bits per heavy atom. The smallest absolute Gasteiger partial charge is 0.234 e. The van der Waals surface area contributed by atoms with Crippen LogP contribution in [-0.4, -0.2) is 40.5 Å². The lowest BCUT2D eigenvalue weighted by atomic mass is 10.4. The Hall–Kier alpha value is -1.05. The van der Waals surface area contributed by atoms with Gasteiger partial charge in [-0.1, -0.05) is 11.3 Å². The molecular weight excluding hydrogens is 214 g/mol. The molecule has 2 aromatic heterocycles. The molecule has 0 aromatic carbocycles. The summed E-state index contributed by atoms with van der Waals surface area (Å²) in [7, 11) is 3.56. The minimum Gasteiger partial charge on any atom is -0.377 e. The molecule has 0 amide bonds. The van der Waals surface area contributed by atoms with Crippen LogP contribution in [0.1, 0.15) is 10.8 Å². The lowest BCUT2D eigenvalue weighted by Crippen LogP contribution is -2.10. The summed E-state index contributed by atoms with van der Waals surface area (Å²) in [5.41, 5.74) is 0. The molecule has 0 fully saturated rings. The van der Waals surface area contributed by atoms with E-state index in [0.29, 0.717) is 6.61 Å². The molecule has 0 saturated heterocycles. The third-order valence-corrected chi connectivity index (χ3v) is 2.92. The Morgan fingerprint density at radius 1 is 1.47 bits per heavy atom. The van der Waals surface area contributed by atoms with Crippen LogP contribution in [-0.2, 0) is 17.8 Å². The van der Waals surface area contributed by atoms with Crippen LogP contribution in [0.3, 0.4) is 0 Å². The van der Waals surface area contributed by atoms with Gasteiger partial charge in [-0.3, -0.25) is 0 Å². The fourth-order valence-electron chi connectivity index (χ4n) is 1.25. The minimum absolute atomic E-state index is 0.441. The SMILES string of the molecule is CNCCc1nn2c(COC)nnc2s1. The van der Waals surface area contributed by atoms with Crippen LogP contribution in [0.4, 0.5) is 0 Å². The molecule has 1 N–H and O–H groups in total. The quantitative estimate of drug-likeness (QED) is 0.784. The monoisotopic (exact) mass is 227 g/mol. The fraction of sp³-hybridized carbons (Fsp3) is 0.625. The molecule has 7 heteroatoms. The Balaban J connectivity index is 2.22. The Labute approximate surface area is 91.3 Å². The van der Waals surface area contributed by atoms with Crippen molar-refractivity contribution in [1.29, 1.82) is 0 Å². The number of ether oxygens (including phenoxy) is 1. The van der Waals surface area contributed by atoms with Crippen molar-refractivity contribution < 1.29 is 4.74 Å². The summed E-state index contributed by atoms with van der Waals surface area (Å²) in [6, 6.07) is 0. The largest absolute Gasteiger partial charge is 0.377 e. The standard InChI is InChI=1S/C8H13N5OS/c1-9-4-3-7-12-13-6(5-14-2)10-11-8(13)15-7/h9H,3-5H2,1-2H3. The first-order valence-electron chi connectivity index (χ1n) is 4.68. The van der Waals surface area contributed by atoms with Crippen molar-refractivity contribution in [2.75, 3.05) is 20.7 Å². The first kappa shape index (κ1) is 10.5. The highest BCUT2D eigenvalue weighted by Crippen LogP contribution is 2.14. The van der Waals surface area contributed by atoms with Gasteiger partial charge < -0.3 is 10.1 Å². The zero-order valence-electron chi connectivity index (χ0n) is 8.73. The second kappa shape index (κ2) is 4.65. The van der Waals surface area contributed by atoms with Crippen LogP contribution >= 0.6 is 11.3 Å². The van der Waals surface area contributed by atoms with Gasteiger partial charge in [-0.2, -0.15) is 9.61 Å². The molecule has 6 nitrogen and oxygen atoms in total. The molecule has 0 aliphatic heterocycles. The zero-order valence-corrected chi connectivity index (χ0v) is 9.54. The van der Waals surface area contributed by atoms with Gasteiger partial charge in [0.15, 0.2) is 5.82 Å². The molecule has 0 unspecified atom stereocenters. The van der Waals surface area contributed by atoms with Gasteiger partial charge in [0, 0.05) is 20.1 Å². The van der Waals surface area contributed by atoms with E-state index < -0.39 is 0 Å². The Kier molecular flexibility index (Phi) is 3.24. The second-order valence-corrected chi connectivity index (χ2v) is 4.13. The number of nitrogens with zero attached hydrogens (tertiary/aromatic N) is 4. The van der Waals surface area contributed by atoms with Crippen LogP contribution in [0, 0.1) is 0 Å². The molecule has 82 valence electrons. The third kappa shape index (κ3) is 2.14.